The number of nitrogens with zero attached hydrogens (tertiary/aromatic N) is 3. The largest absolute Gasteiger partial charge is 0.375 e. The smallest absolute Gasteiger partial charge is 0.191 e. The highest BCUT2D eigenvalue weighted by molar-refractivity contribution is 14.0. The number of benzene rings is 1. The van der Waals surface area contributed by atoms with Crippen molar-refractivity contribution in [1.29, 1.82) is 0 Å². The number of ether oxygens (including phenoxy) is 1. The van der Waals surface area contributed by atoms with Crippen LogP contribution in [0.4, 0.5) is 5.82 Å². The number of morpholine rings is 1. The molecule has 0 aliphatic carbocycles. The van der Waals surface area contributed by atoms with Crippen LogP contribution in [0.3, 0.4) is 0 Å². The molecule has 0 bridgehead atoms. The lowest BCUT2D eigenvalue weighted by atomic mass is 10.1. The summed E-state index contributed by atoms with van der Waals surface area (Å²) in [7, 11) is 0. The fraction of sp³-hybridized carbons (Fsp3) is 0.500. The molecular weight excluding hydrogens is 501 g/mol. The molecule has 170 valence electrons. The molecule has 2 N–H and O–H groups in total. The summed E-state index contributed by atoms with van der Waals surface area (Å²) in [4.78, 5) is 11.7. The van der Waals surface area contributed by atoms with Crippen molar-refractivity contribution >= 4 is 35.8 Å². The zero-order valence-corrected chi connectivity index (χ0v) is 21.2. The molecule has 0 spiro atoms. The van der Waals surface area contributed by atoms with Crippen LogP contribution in [-0.4, -0.2) is 49.3 Å². The summed E-state index contributed by atoms with van der Waals surface area (Å²) in [5.41, 5.74) is 2.48. The van der Waals surface area contributed by atoms with Crippen LogP contribution >= 0.6 is 24.0 Å². The Balaban J connectivity index is 0.00000341. The molecule has 6 nitrogen and oxygen atoms in total. The van der Waals surface area contributed by atoms with Gasteiger partial charge >= 0.3 is 0 Å². The lowest BCUT2D eigenvalue weighted by molar-refractivity contribution is 0.0529. The molecule has 1 aromatic heterocycles. The maximum atomic E-state index is 5.61. The minimum absolute atomic E-state index is 0. The highest BCUT2D eigenvalue weighted by Crippen LogP contribution is 2.15. The minimum atomic E-state index is 0. The molecule has 2 aromatic rings. The second-order valence-corrected chi connectivity index (χ2v) is 7.92. The molecule has 1 fully saturated rings. The van der Waals surface area contributed by atoms with E-state index >= 15 is 0 Å². The van der Waals surface area contributed by atoms with Crippen molar-refractivity contribution in [2.45, 2.75) is 52.3 Å². The second kappa shape index (κ2) is 13.5. The monoisotopic (exact) mass is 537 g/mol. The van der Waals surface area contributed by atoms with E-state index in [9.17, 15) is 0 Å². The van der Waals surface area contributed by atoms with Crippen molar-refractivity contribution in [3.8, 4) is 0 Å². The zero-order valence-electron chi connectivity index (χ0n) is 18.9. The number of anilines is 1. The van der Waals surface area contributed by atoms with Crippen molar-refractivity contribution in [2.24, 2.45) is 4.99 Å². The summed E-state index contributed by atoms with van der Waals surface area (Å²) in [6, 6.07) is 15.2. The van der Waals surface area contributed by atoms with Gasteiger partial charge in [0.25, 0.3) is 0 Å². The van der Waals surface area contributed by atoms with Gasteiger partial charge in [-0.1, -0.05) is 36.4 Å². The fourth-order valence-corrected chi connectivity index (χ4v) is 3.55. The number of guanidine groups is 1. The molecule has 1 aliphatic heterocycles. The molecule has 0 saturated carbocycles. The SMILES string of the molecule is CCNC(=NCc1ccc(N2CCOC(C)C2)nc1)NC(C)CCc1ccccc1.I. The lowest BCUT2D eigenvalue weighted by Gasteiger charge is -2.32. The van der Waals surface area contributed by atoms with Gasteiger partial charge < -0.3 is 20.3 Å². The zero-order chi connectivity index (χ0) is 21.2. The summed E-state index contributed by atoms with van der Waals surface area (Å²) in [5.74, 6) is 1.86. The topological polar surface area (TPSA) is 61.8 Å². The molecule has 1 aromatic carbocycles. The molecule has 0 radical (unpaired) electrons. The molecule has 3 rings (SSSR count). The highest BCUT2D eigenvalue weighted by Gasteiger charge is 2.17. The van der Waals surface area contributed by atoms with Gasteiger partial charge in [-0.05, 0) is 50.8 Å². The van der Waals surface area contributed by atoms with Crippen molar-refractivity contribution in [2.75, 3.05) is 31.1 Å². The predicted octanol–water partition coefficient (Wildman–Crippen LogP) is 4.00. The third-order valence-corrected chi connectivity index (χ3v) is 5.23. The highest BCUT2D eigenvalue weighted by atomic mass is 127. The Bertz CT molecular complexity index is 784. The van der Waals surface area contributed by atoms with E-state index in [2.05, 4.69) is 83.8 Å². The number of hydrogen-bond acceptors (Lipinski definition) is 4. The maximum Gasteiger partial charge on any atom is 0.191 e. The van der Waals surface area contributed by atoms with E-state index in [0.717, 1.165) is 56.4 Å². The number of halogens is 1. The molecule has 7 heteroatoms. The first kappa shape index (κ1) is 25.4. The third-order valence-electron chi connectivity index (χ3n) is 5.23. The van der Waals surface area contributed by atoms with Crippen LogP contribution in [-0.2, 0) is 17.7 Å². The van der Waals surface area contributed by atoms with Crippen molar-refractivity contribution in [3.05, 3.63) is 59.8 Å². The standard InChI is InChI=1S/C24H35N5O.HI/c1-4-25-24(28-19(2)10-11-21-8-6-5-7-9-21)27-17-22-12-13-23(26-16-22)29-14-15-30-20(3)18-29;/h5-9,12-13,16,19-20H,4,10-11,14-15,17-18H2,1-3H3,(H2,25,27,28);1H. The Morgan fingerprint density at radius 1 is 1.23 bits per heavy atom. The van der Waals surface area contributed by atoms with Gasteiger partial charge in [-0.2, -0.15) is 0 Å². The number of aryl methyl sites for hydroxylation is 1. The Hall–Kier alpha value is -1.87. The quantitative estimate of drug-likeness (QED) is 0.303. The predicted molar refractivity (Wildman–Crippen MR) is 139 cm³/mol. The molecule has 2 unspecified atom stereocenters. The van der Waals surface area contributed by atoms with Crippen LogP contribution in [0.25, 0.3) is 0 Å². The maximum absolute atomic E-state index is 5.61. The first-order valence-corrected chi connectivity index (χ1v) is 11.0. The number of aromatic nitrogens is 1. The minimum Gasteiger partial charge on any atom is -0.375 e. The van der Waals surface area contributed by atoms with Crippen LogP contribution < -0.4 is 15.5 Å². The van der Waals surface area contributed by atoms with E-state index in [1.807, 2.05) is 6.20 Å². The van der Waals surface area contributed by atoms with E-state index in [-0.39, 0.29) is 30.1 Å². The number of hydrogen-bond donors (Lipinski definition) is 2. The molecule has 2 heterocycles. The van der Waals surface area contributed by atoms with Crippen LogP contribution in [0.1, 0.15) is 38.3 Å². The fourth-order valence-electron chi connectivity index (χ4n) is 3.55. The summed E-state index contributed by atoms with van der Waals surface area (Å²) < 4.78 is 5.61. The van der Waals surface area contributed by atoms with Crippen LogP contribution in [0.5, 0.6) is 0 Å². The van der Waals surface area contributed by atoms with E-state index in [0.29, 0.717) is 12.6 Å². The average Bonchev–Trinajstić information content (AvgIpc) is 2.77. The number of rotatable bonds is 8. The summed E-state index contributed by atoms with van der Waals surface area (Å²) in [5, 5.41) is 6.87. The Morgan fingerprint density at radius 3 is 2.71 bits per heavy atom. The molecule has 2 atom stereocenters. The van der Waals surface area contributed by atoms with Gasteiger partial charge in [-0.25, -0.2) is 9.98 Å². The van der Waals surface area contributed by atoms with Gasteiger partial charge in [0, 0.05) is 31.9 Å². The van der Waals surface area contributed by atoms with Gasteiger partial charge in [-0.15, -0.1) is 24.0 Å². The number of pyridine rings is 1. The van der Waals surface area contributed by atoms with Gasteiger partial charge in [0.15, 0.2) is 5.96 Å². The molecule has 1 aliphatic rings. The van der Waals surface area contributed by atoms with Crippen molar-refractivity contribution in [3.63, 3.8) is 0 Å². The van der Waals surface area contributed by atoms with Gasteiger partial charge in [0.1, 0.15) is 5.82 Å². The normalized spacial score (nSPS) is 17.6. The lowest BCUT2D eigenvalue weighted by Crippen LogP contribution is -2.42. The van der Waals surface area contributed by atoms with E-state index in [1.165, 1.54) is 5.56 Å². The summed E-state index contributed by atoms with van der Waals surface area (Å²) >= 11 is 0. The van der Waals surface area contributed by atoms with Gasteiger partial charge in [0.05, 0.1) is 19.3 Å². The van der Waals surface area contributed by atoms with Crippen molar-refractivity contribution in [1.82, 2.24) is 15.6 Å². The summed E-state index contributed by atoms with van der Waals surface area (Å²) in [6.45, 7) is 10.4. The molecule has 0 amide bonds. The van der Waals surface area contributed by atoms with Crippen LogP contribution in [0.15, 0.2) is 53.7 Å². The van der Waals surface area contributed by atoms with Gasteiger partial charge in [0.2, 0.25) is 0 Å². The van der Waals surface area contributed by atoms with Gasteiger partial charge in [-0.3, -0.25) is 0 Å². The van der Waals surface area contributed by atoms with Crippen molar-refractivity contribution < 1.29 is 4.74 Å². The first-order valence-electron chi connectivity index (χ1n) is 11.0. The third kappa shape index (κ3) is 8.65. The summed E-state index contributed by atoms with van der Waals surface area (Å²) in [6.07, 6.45) is 4.30. The van der Waals surface area contributed by atoms with E-state index < -0.39 is 0 Å². The average molecular weight is 537 g/mol. The van der Waals surface area contributed by atoms with Crippen LogP contribution in [0.2, 0.25) is 0 Å². The Morgan fingerprint density at radius 2 is 2.03 bits per heavy atom. The van der Waals surface area contributed by atoms with Crippen LogP contribution in [0, 0.1) is 0 Å². The Labute approximate surface area is 203 Å². The molecule has 31 heavy (non-hydrogen) atoms. The molecule has 1 saturated heterocycles. The molecular formula is C24H36IN5O. The van der Waals surface area contributed by atoms with E-state index in [1.54, 1.807) is 0 Å². The Kier molecular flexibility index (Phi) is 11.1. The number of nitrogens with one attached hydrogen (secondary N) is 2. The number of aliphatic imine (C=N–C) groups is 1. The second-order valence-electron chi connectivity index (χ2n) is 7.92. The first-order chi connectivity index (χ1) is 14.6. The van der Waals surface area contributed by atoms with E-state index in [4.69, 9.17) is 9.73 Å².